The topological polar surface area (TPSA) is 79.8 Å². The monoisotopic (exact) mass is 339 g/mol. The summed E-state index contributed by atoms with van der Waals surface area (Å²) in [6.07, 6.45) is 2.22. The van der Waals surface area contributed by atoms with Crippen LogP contribution in [-0.2, 0) is 14.8 Å². The van der Waals surface area contributed by atoms with Crippen LogP contribution >= 0.6 is 0 Å². The maximum absolute atomic E-state index is 11.8. The molecule has 2 aliphatic heterocycles. The van der Waals surface area contributed by atoms with Crippen LogP contribution in [0.25, 0.3) is 0 Å². The Labute approximate surface area is 136 Å². The van der Waals surface area contributed by atoms with Gasteiger partial charge in [-0.15, -0.1) is 0 Å². The molecule has 3 heterocycles. The third-order valence-corrected chi connectivity index (χ3v) is 5.64. The molecule has 1 aromatic rings. The number of pyridine rings is 1. The van der Waals surface area contributed by atoms with Gasteiger partial charge in [0.15, 0.2) is 0 Å². The highest BCUT2D eigenvalue weighted by atomic mass is 32.2. The van der Waals surface area contributed by atoms with Crippen LogP contribution in [0.2, 0.25) is 0 Å². The molecule has 0 saturated carbocycles. The lowest BCUT2D eigenvalue weighted by Crippen LogP contribution is -2.37. The quantitative estimate of drug-likeness (QED) is 0.835. The van der Waals surface area contributed by atoms with Crippen LogP contribution in [0.3, 0.4) is 0 Å². The van der Waals surface area contributed by atoms with Gasteiger partial charge in [-0.1, -0.05) is 6.07 Å². The maximum Gasteiger partial charge on any atom is 0.415 e. The van der Waals surface area contributed by atoms with E-state index in [1.807, 2.05) is 19.1 Å². The molecule has 3 rings (SSSR count). The summed E-state index contributed by atoms with van der Waals surface area (Å²) in [5.41, 5.74) is 0.906. The molecule has 1 amide bonds. The van der Waals surface area contributed by atoms with E-state index < -0.39 is 10.0 Å². The molecule has 0 N–H and O–H groups in total. The first-order valence-electron chi connectivity index (χ1n) is 7.75. The maximum atomic E-state index is 11.8. The number of piperidine rings is 1. The molecule has 2 saturated heterocycles. The number of hydrogen-bond donors (Lipinski definition) is 0. The van der Waals surface area contributed by atoms with Gasteiger partial charge in [0.2, 0.25) is 10.0 Å². The second-order valence-electron chi connectivity index (χ2n) is 6.16. The Morgan fingerprint density at radius 1 is 1.26 bits per heavy atom. The van der Waals surface area contributed by atoms with Crippen molar-refractivity contribution in [2.24, 2.45) is 0 Å². The summed E-state index contributed by atoms with van der Waals surface area (Å²) in [7, 11) is -3.12. The molecule has 8 heteroatoms. The van der Waals surface area contributed by atoms with Crippen LogP contribution in [0.1, 0.15) is 31.4 Å². The van der Waals surface area contributed by atoms with Crippen molar-refractivity contribution in [3.05, 3.63) is 23.9 Å². The summed E-state index contributed by atoms with van der Waals surface area (Å²) in [6.45, 7) is 3.38. The van der Waals surface area contributed by atoms with Gasteiger partial charge in [-0.2, -0.15) is 0 Å². The molecule has 0 aromatic carbocycles. The van der Waals surface area contributed by atoms with Crippen molar-refractivity contribution in [1.29, 1.82) is 0 Å². The standard InChI is InChI=1S/C15H21N3O4S/c1-11-10-18(15(19)22-11)14-5-3-4-13(16-14)12-6-8-17(9-7-12)23(2,20)21/h3-5,11-12H,6-10H2,1-2H3/t11-/m0/s1. The van der Waals surface area contributed by atoms with Gasteiger partial charge < -0.3 is 4.74 Å². The lowest BCUT2D eigenvalue weighted by Gasteiger charge is -2.30. The third-order valence-electron chi connectivity index (χ3n) is 4.34. The number of sulfonamides is 1. The molecule has 126 valence electrons. The number of rotatable bonds is 3. The number of anilines is 1. The third kappa shape index (κ3) is 3.48. The zero-order chi connectivity index (χ0) is 16.6. The van der Waals surface area contributed by atoms with Crippen LogP contribution in [0.15, 0.2) is 18.2 Å². The van der Waals surface area contributed by atoms with Crippen LogP contribution in [0.5, 0.6) is 0 Å². The fraction of sp³-hybridized carbons (Fsp3) is 0.600. The van der Waals surface area contributed by atoms with E-state index in [1.165, 1.54) is 10.6 Å². The summed E-state index contributed by atoms with van der Waals surface area (Å²) in [4.78, 5) is 18.0. The lowest BCUT2D eigenvalue weighted by molar-refractivity contribution is 0.150. The second kappa shape index (κ2) is 6.09. The highest BCUT2D eigenvalue weighted by Crippen LogP contribution is 2.29. The largest absolute Gasteiger partial charge is 0.444 e. The minimum Gasteiger partial charge on any atom is -0.444 e. The van der Waals surface area contributed by atoms with Crippen molar-refractivity contribution in [2.75, 3.05) is 30.8 Å². The van der Waals surface area contributed by atoms with E-state index in [-0.39, 0.29) is 18.1 Å². The summed E-state index contributed by atoms with van der Waals surface area (Å²) in [6, 6.07) is 5.63. The molecular formula is C15H21N3O4S. The zero-order valence-electron chi connectivity index (χ0n) is 13.3. The fourth-order valence-corrected chi connectivity index (χ4v) is 3.97. The first-order chi connectivity index (χ1) is 10.8. The van der Waals surface area contributed by atoms with Crippen molar-refractivity contribution < 1.29 is 17.9 Å². The Morgan fingerprint density at radius 3 is 2.52 bits per heavy atom. The van der Waals surface area contributed by atoms with E-state index in [1.54, 1.807) is 11.0 Å². The number of cyclic esters (lactones) is 1. The molecule has 0 spiro atoms. The van der Waals surface area contributed by atoms with Gasteiger partial charge in [0, 0.05) is 24.7 Å². The molecule has 23 heavy (non-hydrogen) atoms. The van der Waals surface area contributed by atoms with Crippen LogP contribution < -0.4 is 4.90 Å². The molecule has 1 aromatic heterocycles. The summed E-state index contributed by atoms with van der Waals surface area (Å²) < 4.78 is 29.8. The van der Waals surface area contributed by atoms with Crippen molar-refractivity contribution in [3.63, 3.8) is 0 Å². The normalized spacial score (nSPS) is 24.0. The molecular weight excluding hydrogens is 318 g/mol. The zero-order valence-corrected chi connectivity index (χ0v) is 14.1. The molecule has 1 atom stereocenters. The van der Waals surface area contributed by atoms with Gasteiger partial charge in [0.1, 0.15) is 11.9 Å². The highest BCUT2D eigenvalue weighted by Gasteiger charge is 2.31. The van der Waals surface area contributed by atoms with E-state index in [0.717, 1.165) is 18.5 Å². The predicted octanol–water partition coefficient (Wildman–Crippen LogP) is 1.57. The number of hydrogen-bond acceptors (Lipinski definition) is 5. The number of carbonyl (C=O) groups is 1. The minimum atomic E-state index is -3.12. The van der Waals surface area contributed by atoms with E-state index >= 15 is 0 Å². The van der Waals surface area contributed by atoms with Gasteiger partial charge >= 0.3 is 6.09 Å². The summed E-state index contributed by atoms with van der Waals surface area (Å²) in [5, 5.41) is 0. The van der Waals surface area contributed by atoms with Crippen molar-refractivity contribution in [3.8, 4) is 0 Å². The van der Waals surface area contributed by atoms with Gasteiger partial charge in [-0.3, -0.25) is 4.90 Å². The number of ether oxygens (including phenoxy) is 1. The van der Waals surface area contributed by atoms with E-state index in [2.05, 4.69) is 4.98 Å². The van der Waals surface area contributed by atoms with Crippen molar-refractivity contribution in [1.82, 2.24) is 9.29 Å². The molecule has 2 fully saturated rings. The predicted molar refractivity (Wildman–Crippen MR) is 85.9 cm³/mol. The van der Waals surface area contributed by atoms with Crippen molar-refractivity contribution in [2.45, 2.75) is 31.8 Å². The van der Waals surface area contributed by atoms with Crippen molar-refractivity contribution >= 4 is 21.9 Å². The number of carbonyl (C=O) groups excluding carboxylic acids is 1. The first kappa shape index (κ1) is 16.2. The molecule has 2 aliphatic rings. The second-order valence-corrected chi connectivity index (χ2v) is 8.14. The number of aromatic nitrogens is 1. The average molecular weight is 339 g/mol. The average Bonchev–Trinajstić information content (AvgIpc) is 2.85. The Balaban J connectivity index is 1.73. The minimum absolute atomic E-state index is 0.133. The first-order valence-corrected chi connectivity index (χ1v) is 9.59. The highest BCUT2D eigenvalue weighted by molar-refractivity contribution is 7.88. The number of amides is 1. The Morgan fingerprint density at radius 2 is 1.96 bits per heavy atom. The van der Waals surface area contributed by atoms with E-state index in [0.29, 0.717) is 25.5 Å². The smallest absolute Gasteiger partial charge is 0.415 e. The SMILES string of the molecule is C[C@H]1CN(c2cccc(C3CCN(S(C)(=O)=O)CC3)n2)C(=O)O1. The van der Waals surface area contributed by atoms with Gasteiger partial charge in [-0.05, 0) is 31.9 Å². The van der Waals surface area contributed by atoms with E-state index in [4.69, 9.17) is 4.74 Å². The summed E-state index contributed by atoms with van der Waals surface area (Å²) >= 11 is 0. The fourth-order valence-electron chi connectivity index (χ4n) is 3.09. The van der Waals surface area contributed by atoms with Gasteiger partial charge in [0.25, 0.3) is 0 Å². The number of nitrogens with zero attached hydrogens (tertiary/aromatic N) is 3. The Hall–Kier alpha value is -1.67. The van der Waals surface area contributed by atoms with E-state index in [9.17, 15) is 13.2 Å². The Kier molecular flexibility index (Phi) is 4.29. The molecule has 0 aliphatic carbocycles. The lowest BCUT2D eigenvalue weighted by atomic mass is 9.94. The molecule has 0 unspecified atom stereocenters. The van der Waals surface area contributed by atoms with Crippen LogP contribution in [-0.4, -0.2) is 55.8 Å². The van der Waals surface area contributed by atoms with Crippen LogP contribution in [0.4, 0.5) is 10.6 Å². The molecule has 7 nitrogen and oxygen atoms in total. The Bertz CT molecular complexity index is 698. The summed E-state index contributed by atoms with van der Waals surface area (Å²) in [5.74, 6) is 0.811. The molecule has 0 bridgehead atoms. The molecule has 0 radical (unpaired) electrons. The van der Waals surface area contributed by atoms with Gasteiger partial charge in [-0.25, -0.2) is 22.5 Å². The van der Waals surface area contributed by atoms with Gasteiger partial charge in [0.05, 0.1) is 12.8 Å². The van der Waals surface area contributed by atoms with Crippen LogP contribution in [0, 0.1) is 0 Å².